The van der Waals surface area contributed by atoms with Crippen LogP contribution in [0.5, 0.6) is 0 Å². The summed E-state index contributed by atoms with van der Waals surface area (Å²) in [6.07, 6.45) is 1.64. The molecular formula is C13H17BrN2O3S. The van der Waals surface area contributed by atoms with E-state index in [9.17, 15) is 9.59 Å². The maximum Gasteiger partial charge on any atom is 0.317 e. The fourth-order valence-corrected chi connectivity index (χ4v) is 3.69. The van der Waals surface area contributed by atoms with Gasteiger partial charge in [0.15, 0.2) is 0 Å². The number of hydrogen-bond acceptors (Lipinski definition) is 4. The lowest BCUT2D eigenvalue weighted by Crippen LogP contribution is -2.54. The molecule has 1 aromatic rings. The molecule has 1 aliphatic rings. The van der Waals surface area contributed by atoms with E-state index in [0.29, 0.717) is 4.88 Å². The average Bonchev–Trinajstić information content (AvgIpc) is 2.77. The second-order valence-corrected chi connectivity index (χ2v) is 6.71. The van der Waals surface area contributed by atoms with Gasteiger partial charge in [-0.05, 0) is 41.4 Å². The monoisotopic (exact) mass is 360 g/mol. The zero-order valence-electron chi connectivity index (χ0n) is 11.1. The summed E-state index contributed by atoms with van der Waals surface area (Å²) in [6, 6.07) is 2.21. The molecule has 7 heteroatoms. The van der Waals surface area contributed by atoms with Gasteiger partial charge in [0.25, 0.3) is 5.91 Å². The highest BCUT2D eigenvalue weighted by molar-refractivity contribution is 9.10. The predicted octanol–water partition coefficient (Wildman–Crippen LogP) is 2.18. The van der Waals surface area contributed by atoms with E-state index in [4.69, 9.17) is 5.11 Å². The Kier molecular flexibility index (Phi) is 5.17. The normalized spacial score (nSPS) is 21.6. The van der Waals surface area contributed by atoms with Crippen molar-refractivity contribution in [3.05, 3.63) is 20.8 Å². The summed E-state index contributed by atoms with van der Waals surface area (Å²) in [7, 11) is 0. The molecule has 5 nitrogen and oxygen atoms in total. The second-order valence-electron chi connectivity index (χ2n) is 4.88. The van der Waals surface area contributed by atoms with Crippen LogP contribution in [0.4, 0.5) is 0 Å². The van der Waals surface area contributed by atoms with Crippen LogP contribution in [0.2, 0.25) is 0 Å². The highest BCUT2D eigenvalue weighted by Crippen LogP contribution is 2.26. The van der Waals surface area contributed by atoms with Gasteiger partial charge in [0, 0.05) is 21.9 Å². The fraction of sp³-hybridized carbons (Fsp3) is 0.538. The van der Waals surface area contributed by atoms with Crippen LogP contribution in [0.3, 0.4) is 0 Å². The van der Waals surface area contributed by atoms with Gasteiger partial charge in [-0.3, -0.25) is 14.5 Å². The minimum Gasteiger partial charge on any atom is -0.480 e. The summed E-state index contributed by atoms with van der Waals surface area (Å²) in [6.45, 7) is 2.74. The van der Waals surface area contributed by atoms with Crippen LogP contribution in [0, 0.1) is 0 Å². The van der Waals surface area contributed by atoms with E-state index < -0.39 is 5.97 Å². The number of amides is 1. The van der Waals surface area contributed by atoms with E-state index in [2.05, 4.69) is 21.2 Å². The van der Waals surface area contributed by atoms with Gasteiger partial charge in [-0.2, -0.15) is 0 Å². The molecule has 2 rings (SSSR count). The number of halogens is 1. The Labute approximate surface area is 130 Å². The van der Waals surface area contributed by atoms with Crippen LogP contribution in [0.1, 0.15) is 29.4 Å². The zero-order valence-corrected chi connectivity index (χ0v) is 13.5. The van der Waals surface area contributed by atoms with Crippen molar-refractivity contribution in [1.29, 1.82) is 0 Å². The van der Waals surface area contributed by atoms with Gasteiger partial charge in [0.1, 0.15) is 0 Å². The molecule has 2 N–H and O–H groups in total. The van der Waals surface area contributed by atoms with E-state index in [-0.39, 0.29) is 24.5 Å². The molecule has 1 saturated carbocycles. The Morgan fingerprint density at radius 3 is 2.75 bits per heavy atom. The molecular weight excluding hydrogens is 344 g/mol. The van der Waals surface area contributed by atoms with Crippen LogP contribution < -0.4 is 5.32 Å². The lowest BCUT2D eigenvalue weighted by atomic mass is 9.85. The highest BCUT2D eigenvalue weighted by Gasteiger charge is 2.34. The number of carboxylic acids is 1. The van der Waals surface area contributed by atoms with Crippen LogP contribution in [0.15, 0.2) is 15.9 Å². The van der Waals surface area contributed by atoms with E-state index in [0.717, 1.165) is 23.9 Å². The number of carboxylic acid groups (broad SMARTS) is 1. The average molecular weight is 361 g/mol. The summed E-state index contributed by atoms with van der Waals surface area (Å²) in [5, 5.41) is 13.7. The third-order valence-electron chi connectivity index (χ3n) is 3.50. The molecule has 0 saturated heterocycles. The van der Waals surface area contributed by atoms with E-state index >= 15 is 0 Å². The van der Waals surface area contributed by atoms with Crippen LogP contribution in [-0.2, 0) is 4.79 Å². The van der Waals surface area contributed by atoms with Crippen molar-refractivity contribution in [1.82, 2.24) is 10.2 Å². The largest absolute Gasteiger partial charge is 0.480 e. The topological polar surface area (TPSA) is 69.6 Å². The maximum absolute atomic E-state index is 12.0. The standard InChI is InChI=1S/C13H17BrN2O3S/c1-2-16(6-12(17)18)10-4-9(5-10)15-13(19)11-3-8(14)7-20-11/h3,7,9-10H,2,4-6H2,1H3,(H,15,19)(H,17,18). The fourth-order valence-electron chi connectivity index (χ4n) is 2.37. The molecule has 0 unspecified atom stereocenters. The minimum atomic E-state index is -0.803. The molecule has 1 aromatic heterocycles. The number of carbonyl (C=O) groups is 2. The summed E-state index contributed by atoms with van der Waals surface area (Å²) in [5.74, 6) is -0.854. The first-order valence-corrected chi connectivity index (χ1v) is 8.17. The smallest absolute Gasteiger partial charge is 0.317 e. The lowest BCUT2D eigenvalue weighted by Gasteiger charge is -2.42. The van der Waals surface area contributed by atoms with Crippen molar-refractivity contribution in [2.45, 2.75) is 31.8 Å². The van der Waals surface area contributed by atoms with Crippen LogP contribution >= 0.6 is 27.3 Å². The molecule has 0 atom stereocenters. The van der Waals surface area contributed by atoms with Crippen LogP contribution in [-0.4, -0.2) is 47.1 Å². The molecule has 0 radical (unpaired) electrons. The summed E-state index contributed by atoms with van der Waals surface area (Å²) >= 11 is 4.73. The first-order chi connectivity index (χ1) is 9.49. The lowest BCUT2D eigenvalue weighted by molar-refractivity contribution is -0.139. The van der Waals surface area contributed by atoms with Crippen LogP contribution in [0.25, 0.3) is 0 Å². The molecule has 1 aliphatic carbocycles. The Bertz CT molecular complexity index is 500. The molecule has 0 aliphatic heterocycles. The highest BCUT2D eigenvalue weighted by atomic mass is 79.9. The van der Waals surface area contributed by atoms with Gasteiger partial charge < -0.3 is 10.4 Å². The van der Waals surface area contributed by atoms with Gasteiger partial charge in [0.05, 0.1) is 11.4 Å². The molecule has 1 fully saturated rings. The Morgan fingerprint density at radius 2 is 2.25 bits per heavy atom. The van der Waals surface area contributed by atoms with Gasteiger partial charge >= 0.3 is 5.97 Å². The third-order valence-corrected chi connectivity index (χ3v) is 5.19. The molecule has 0 bridgehead atoms. The number of hydrogen-bond donors (Lipinski definition) is 2. The van der Waals surface area contributed by atoms with E-state index in [1.807, 2.05) is 17.2 Å². The Hall–Kier alpha value is -0.920. The Balaban J connectivity index is 1.78. The quantitative estimate of drug-likeness (QED) is 0.815. The molecule has 1 amide bonds. The van der Waals surface area contributed by atoms with Gasteiger partial charge in [-0.1, -0.05) is 6.92 Å². The van der Waals surface area contributed by atoms with Gasteiger partial charge in [0.2, 0.25) is 0 Å². The van der Waals surface area contributed by atoms with Crippen molar-refractivity contribution in [2.75, 3.05) is 13.1 Å². The zero-order chi connectivity index (χ0) is 14.7. The second kappa shape index (κ2) is 6.69. The maximum atomic E-state index is 12.0. The number of rotatable bonds is 6. The summed E-state index contributed by atoms with van der Waals surface area (Å²) in [4.78, 5) is 25.3. The van der Waals surface area contributed by atoms with E-state index in [1.165, 1.54) is 11.3 Å². The third kappa shape index (κ3) is 3.80. The minimum absolute atomic E-state index is 0.0505. The number of likely N-dealkylation sites (N-methyl/N-ethyl adjacent to an activating group) is 1. The summed E-state index contributed by atoms with van der Waals surface area (Å²) < 4.78 is 0.915. The Morgan fingerprint density at radius 1 is 1.55 bits per heavy atom. The number of aliphatic carboxylic acids is 1. The van der Waals surface area contributed by atoms with Crippen molar-refractivity contribution >= 4 is 39.1 Å². The van der Waals surface area contributed by atoms with Crippen molar-refractivity contribution in [3.63, 3.8) is 0 Å². The molecule has 0 aromatic carbocycles. The predicted molar refractivity (Wildman–Crippen MR) is 81.2 cm³/mol. The van der Waals surface area contributed by atoms with Crippen molar-refractivity contribution in [2.24, 2.45) is 0 Å². The summed E-state index contributed by atoms with van der Waals surface area (Å²) in [5.41, 5.74) is 0. The first kappa shape index (κ1) is 15.5. The molecule has 0 spiro atoms. The van der Waals surface area contributed by atoms with Crippen molar-refractivity contribution < 1.29 is 14.7 Å². The molecule has 1 heterocycles. The molecule has 110 valence electrons. The number of nitrogens with zero attached hydrogens (tertiary/aromatic N) is 1. The number of nitrogens with one attached hydrogen (secondary N) is 1. The van der Waals surface area contributed by atoms with Gasteiger partial charge in [-0.25, -0.2) is 0 Å². The van der Waals surface area contributed by atoms with Crippen molar-refractivity contribution in [3.8, 4) is 0 Å². The molecule has 20 heavy (non-hydrogen) atoms. The van der Waals surface area contributed by atoms with Gasteiger partial charge in [-0.15, -0.1) is 11.3 Å². The first-order valence-electron chi connectivity index (χ1n) is 6.50. The van der Waals surface area contributed by atoms with E-state index in [1.54, 1.807) is 6.07 Å². The number of thiophene rings is 1. The SMILES string of the molecule is CCN(CC(=O)O)C1CC(NC(=O)c2cc(Br)cs2)C1. The number of carbonyl (C=O) groups excluding carboxylic acids is 1.